The zero-order valence-electron chi connectivity index (χ0n) is 9.77. The van der Waals surface area contributed by atoms with Crippen LogP contribution in [-0.4, -0.2) is 35.6 Å². The van der Waals surface area contributed by atoms with Crippen LogP contribution in [0.1, 0.15) is 23.2 Å². The van der Waals surface area contributed by atoms with Gasteiger partial charge < -0.3 is 10.0 Å². The second-order valence-corrected chi connectivity index (χ2v) is 5.12. The number of rotatable bonds is 3. The summed E-state index contributed by atoms with van der Waals surface area (Å²) in [5.74, 6) is 0.409. The molecule has 4 heteroatoms. The van der Waals surface area contributed by atoms with Crippen molar-refractivity contribution in [3.8, 4) is 0 Å². The topological polar surface area (TPSA) is 40.5 Å². The number of carbonyl (C=O) groups excluding carboxylic acids is 1. The molecule has 1 aliphatic carbocycles. The summed E-state index contributed by atoms with van der Waals surface area (Å²) in [7, 11) is 1.79. The molecule has 0 saturated heterocycles. The van der Waals surface area contributed by atoms with Crippen LogP contribution in [0.5, 0.6) is 0 Å². The van der Waals surface area contributed by atoms with Crippen molar-refractivity contribution in [1.82, 2.24) is 4.90 Å². The van der Waals surface area contributed by atoms with E-state index in [2.05, 4.69) is 0 Å². The quantitative estimate of drug-likeness (QED) is 0.897. The Bertz CT molecular complexity index is 416. The molecule has 1 fully saturated rings. The van der Waals surface area contributed by atoms with Gasteiger partial charge in [0.2, 0.25) is 0 Å². The van der Waals surface area contributed by atoms with Crippen molar-refractivity contribution in [2.24, 2.45) is 5.92 Å². The molecule has 2 rings (SSSR count). The third kappa shape index (κ3) is 2.99. The Morgan fingerprint density at radius 3 is 2.82 bits per heavy atom. The summed E-state index contributed by atoms with van der Waals surface area (Å²) in [5.41, 5.74) is 0.611. The van der Waals surface area contributed by atoms with Crippen LogP contribution in [0.25, 0.3) is 0 Å². The Kier molecular flexibility index (Phi) is 3.69. The molecule has 1 aliphatic rings. The van der Waals surface area contributed by atoms with Crippen LogP contribution in [0.4, 0.5) is 0 Å². The SMILES string of the molecule is CN(CC1CC(O)C1)C(=O)c1cccc(Cl)c1. The summed E-state index contributed by atoms with van der Waals surface area (Å²) >= 11 is 5.85. The standard InChI is InChI=1S/C13H16ClNO2/c1-15(8-9-5-12(16)6-9)13(17)10-3-2-4-11(14)7-10/h2-4,7,9,12,16H,5-6,8H2,1H3. The van der Waals surface area contributed by atoms with Gasteiger partial charge in [-0.2, -0.15) is 0 Å². The van der Waals surface area contributed by atoms with Crippen LogP contribution < -0.4 is 0 Å². The zero-order valence-corrected chi connectivity index (χ0v) is 10.5. The molecule has 17 heavy (non-hydrogen) atoms. The Hall–Kier alpha value is -1.06. The molecule has 0 heterocycles. The van der Waals surface area contributed by atoms with Gasteiger partial charge in [-0.1, -0.05) is 17.7 Å². The predicted molar refractivity (Wildman–Crippen MR) is 67.1 cm³/mol. The molecule has 0 spiro atoms. The minimum absolute atomic E-state index is 0.0195. The molecule has 3 nitrogen and oxygen atoms in total. The van der Waals surface area contributed by atoms with Gasteiger partial charge >= 0.3 is 0 Å². The number of nitrogens with zero attached hydrogens (tertiary/aromatic N) is 1. The molecule has 1 N–H and O–H groups in total. The Morgan fingerprint density at radius 2 is 2.24 bits per heavy atom. The first-order chi connectivity index (χ1) is 8.06. The van der Waals surface area contributed by atoms with E-state index >= 15 is 0 Å². The lowest BCUT2D eigenvalue weighted by atomic mass is 9.82. The maximum absolute atomic E-state index is 12.1. The third-order valence-electron chi connectivity index (χ3n) is 3.16. The average molecular weight is 254 g/mol. The predicted octanol–water partition coefficient (Wildman–Crippen LogP) is 2.18. The highest BCUT2D eigenvalue weighted by atomic mass is 35.5. The summed E-state index contributed by atoms with van der Waals surface area (Å²) in [6.07, 6.45) is 1.43. The first kappa shape index (κ1) is 12.4. The monoisotopic (exact) mass is 253 g/mol. The molecule has 0 atom stereocenters. The lowest BCUT2D eigenvalue weighted by Gasteiger charge is -2.34. The van der Waals surface area contributed by atoms with Gasteiger partial charge in [0.1, 0.15) is 0 Å². The third-order valence-corrected chi connectivity index (χ3v) is 3.40. The van der Waals surface area contributed by atoms with Crippen molar-refractivity contribution in [2.45, 2.75) is 18.9 Å². The maximum Gasteiger partial charge on any atom is 0.253 e. The minimum atomic E-state index is -0.172. The highest BCUT2D eigenvalue weighted by molar-refractivity contribution is 6.30. The van der Waals surface area contributed by atoms with Gasteiger partial charge in [0.25, 0.3) is 5.91 Å². The number of carbonyl (C=O) groups is 1. The van der Waals surface area contributed by atoms with Crippen molar-refractivity contribution in [3.05, 3.63) is 34.9 Å². The Labute approximate surface area is 106 Å². The van der Waals surface area contributed by atoms with Gasteiger partial charge in [-0.05, 0) is 37.0 Å². The van der Waals surface area contributed by atoms with E-state index in [1.165, 1.54) is 0 Å². The molecule has 0 radical (unpaired) electrons. The molecule has 1 aromatic rings. The van der Waals surface area contributed by atoms with E-state index in [-0.39, 0.29) is 12.0 Å². The van der Waals surface area contributed by atoms with Crippen molar-refractivity contribution in [2.75, 3.05) is 13.6 Å². The van der Waals surface area contributed by atoms with Gasteiger partial charge in [0.05, 0.1) is 6.10 Å². The first-order valence-corrected chi connectivity index (χ1v) is 6.13. The van der Waals surface area contributed by atoms with Crippen molar-refractivity contribution in [1.29, 1.82) is 0 Å². The number of aliphatic hydroxyl groups is 1. The van der Waals surface area contributed by atoms with Gasteiger partial charge in [-0.25, -0.2) is 0 Å². The number of hydrogen-bond acceptors (Lipinski definition) is 2. The molecule has 0 aromatic heterocycles. The van der Waals surface area contributed by atoms with Gasteiger partial charge in [0.15, 0.2) is 0 Å². The number of benzene rings is 1. The second kappa shape index (κ2) is 5.07. The fourth-order valence-corrected chi connectivity index (χ4v) is 2.35. The first-order valence-electron chi connectivity index (χ1n) is 5.75. The summed E-state index contributed by atoms with van der Waals surface area (Å²) in [6.45, 7) is 0.697. The van der Waals surface area contributed by atoms with E-state index in [1.807, 2.05) is 0 Å². The molecule has 1 amide bonds. The summed E-state index contributed by atoms with van der Waals surface area (Å²) in [4.78, 5) is 13.8. The van der Waals surface area contributed by atoms with E-state index in [4.69, 9.17) is 11.6 Å². The van der Waals surface area contributed by atoms with Gasteiger partial charge in [-0.3, -0.25) is 4.79 Å². The highest BCUT2D eigenvalue weighted by Gasteiger charge is 2.29. The average Bonchev–Trinajstić information content (AvgIpc) is 2.26. The molecular weight excluding hydrogens is 238 g/mol. The number of amides is 1. The van der Waals surface area contributed by atoms with E-state index < -0.39 is 0 Å². The number of aliphatic hydroxyl groups excluding tert-OH is 1. The number of hydrogen-bond donors (Lipinski definition) is 1. The van der Waals surface area contributed by atoms with Crippen molar-refractivity contribution < 1.29 is 9.90 Å². The fourth-order valence-electron chi connectivity index (χ4n) is 2.16. The molecule has 92 valence electrons. The summed E-state index contributed by atoms with van der Waals surface area (Å²) < 4.78 is 0. The Balaban J connectivity index is 1.95. The Morgan fingerprint density at radius 1 is 1.53 bits per heavy atom. The van der Waals surface area contributed by atoms with E-state index in [9.17, 15) is 9.90 Å². The molecule has 1 aromatic carbocycles. The smallest absolute Gasteiger partial charge is 0.253 e. The lowest BCUT2D eigenvalue weighted by molar-refractivity contribution is 0.0265. The normalized spacial score (nSPS) is 23.0. The van der Waals surface area contributed by atoms with Crippen LogP contribution in [0, 0.1) is 5.92 Å². The molecule has 0 unspecified atom stereocenters. The number of halogens is 1. The second-order valence-electron chi connectivity index (χ2n) is 4.69. The van der Waals surface area contributed by atoms with Crippen LogP contribution in [0.3, 0.4) is 0 Å². The zero-order chi connectivity index (χ0) is 12.4. The fraction of sp³-hybridized carbons (Fsp3) is 0.462. The highest BCUT2D eigenvalue weighted by Crippen LogP contribution is 2.28. The molecular formula is C13H16ClNO2. The molecule has 0 aliphatic heterocycles. The largest absolute Gasteiger partial charge is 0.393 e. The van der Waals surface area contributed by atoms with E-state index in [0.717, 1.165) is 12.8 Å². The lowest BCUT2D eigenvalue weighted by Crippen LogP contribution is -2.39. The molecule has 0 bridgehead atoms. The summed E-state index contributed by atoms with van der Waals surface area (Å²) in [5, 5.41) is 9.77. The summed E-state index contributed by atoms with van der Waals surface area (Å²) in [6, 6.07) is 6.97. The van der Waals surface area contributed by atoms with E-state index in [0.29, 0.717) is 23.0 Å². The minimum Gasteiger partial charge on any atom is -0.393 e. The van der Waals surface area contributed by atoms with Crippen LogP contribution in [0.2, 0.25) is 5.02 Å². The van der Waals surface area contributed by atoms with Gasteiger partial charge in [0, 0.05) is 24.2 Å². The van der Waals surface area contributed by atoms with Gasteiger partial charge in [-0.15, -0.1) is 0 Å². The van der Waals surface area contributed by atoms with Crippen LogP contribution >= 0.6 is 11.6 Å². The van der Waals surface area contributed by atoms with Crippen LogP contribution in [0.15, 0.2) is 24.3 Å². The van der Waals surface area contributed by atoms with Crippen LogP contribution in [-0.2, 0) is 0 Å². The molecule has 1 saturated carbocycles. The van der Waals surface area contributed by atoms with Crippen molar-refractivity contribution >= 4 is 17.5 Å². The maximum atomic E-state index is 12.1. The van der Waals surface area contributed by atoms with E-state index in [1.54, 1.807) is 36.2 Å². The van der Waals surface area contributed by atoms with Crippen molar-refractivity contribution in [3.63, 3.8) is 0 Å².